The number of aromatic nitrogens is 13. The van der Waals surface area contributed by atoms with Gasteiger partial charge in [0.05, 0.1) is 61.7 Å². The average molecular weight is 1440 g/mol. The Kier molecular flexibility index (Phi) is 21.6. The molecule has 12 N–H and O–H groups in total. The Morgan fingerprint density at radius 1 is 0.543 bits per heavy atom. The highest BCUT2D eigenvalue weighted by atomic mass is 19.1. The number of aliphatic hydroxyl groups excluding tert-OH is 3. The molecule has 0 spiro atoms. The number of aliphatic hydroxyl groups is 3. The van der Waals surface area contributed by atoms with Crippen molar-refractivity contribution in [1.29, 1.82) is 0 Å². The molecule has 34 heteroatoms. The number of methoxy groups -OCH3 is 2. The Labute approximate surface area is 600 Å². The second-order valence-corrected chi connectivity index (χ2v) is 26.9. The molecule has 10 aromatic rings. The maximum atomic E-state index is 14.2. The summed E-state index contributed by atoms with van der Waals surface area (Å²) in [6.45, 7) is 0.388. The topological polar surface area (TPSA) is 408 Å². The molecule has 552 valence electrons. The number of amides is 3. The van der Waals surface area contributed by atoms with Crippen LogP contribution in [0.2, 0.25) is 0 Å². The Balaban J connectivity index is 0.000000140. The molecule has 0 bridgehead atoms. The first-order valence-electron chi connectivity index (χ1n) is 35.1. The molecule has 105 heavy (non-hydrogen) atoms. The van der Waals surface area contributed by atoms with E-state index in [4.69, 9.17) is 9.47 Å². The molecule has 33 nitrogen and oxygen atoms in total. The minimum atomic E-state index is -0.632. The van der Waals surface area contributed by atoms with Gasteiger partial charge in [0.15, 0.2) is 28.6 Å². The lowest BCUT2D eigenvalue weighted by molar-refractivity contribution is 0.0448. The first-order chi connectivity index (χ1) is 50.9. The van der Waals surface area contributed by atoms with Crippen LogP contribution in [0.1, 0.15) is 133 Å². The van der Waals surface area contributed by atoms with E-state index in [0.29, 0.717) is 82.3 Å². The molecule has 0 saturated heterocycles. The van der Waals surface area contributed by atoms with Crippen LogP contribution in [0.4, 0.5) is 56.4 Å². The van der Waals surface area contributed by atoms with Crippen molar-refractivity contribution >= 4 is 86.6 Å². The van der Waals surface area contributed by atoms with Gasteiger partial charge in [-0.05, 0) is 138 Å². The zero-order chi connectivity index (χ0) is 73.6. The molecule has 3 amide bonds. The number of carbonyl (C=O) groups is 3. The van der Waals surface area contributed by atoms with E-state index in [1.54, 1.807) is 87.0 Å². The Morgan fingerprint density at radius 3 is 1.31 bits per heavy atom. The number of fused-ring (bicyclic) bond motifs is 3. The van der Waals surface area contributed by atoms with Crippen LogP contribution in [0, 0.1) is 11.2 Å². The quantitative estimate of drug-likeness (QED) is 0.0380. The number of anilines is 9. The highest BCUT2D eigenvalue weighted by Crippen LogP contribution is 2.44. The fourth-order valence-corrected chi connectivity index (χ4v) is 13.4. The monoisotopic (exact) mass is 1440 g/mol. The maximum Gasteiger partial charge on any atom is 0.280 e. The van der Waals surface area contributed by atoms with Crippen molar-refractivity contribution in [2.24, 2.45) is 5.41 Å². The highest BCUT2D eigenvalue weighted by Gasteiger charge is 2.42. The van der Waals surface area contributed by atoms with E-state index in [-0.39, 0.29) is 106 Å². The van der Waals surface area contributed by atoms with Gasteiger partial charge in [0, 0.05) is 102 Å². The molecule has 0 radical (unpaired) electrons. The van der Waals surface area contributed by atoms with Gasteiger partial charge in [-0.2, -0.15) is 28.8 Å². The third-order valence-electron chi connectivity index (χ3n) is 20.3. The van der Waals surface area contributed by atoms with Crippen molar-refractivity contribution in [3.8, 4) is 5.82 Å². The highest BCUT2D eigenvalue weighted by molar-refractivity contribution is 6.02. The first-order valence-corrected chi connectivity index (χ1v) is 35.1. The Morgan fingerprint density at radius 2 is 0.952 bits per heavy atom. The molecule has 0 aliphatic heterocycles. The summed E-state index contributed by atoms with van der Waals surface area (Å²) in [5.41, 5.74) is 1.76. The normalized spacial score (nSPS) is 20.7. The van der Waals surface area contributed by atoms with Gasteiger partial charge in [0.2, 0.25) is 0 Å². The molecule has 5 aliphatic carbocycles. The summed E-state index contributed by atoms with van der Waals surface area (Å²) in [6.07, 6.45) is 22.1. The van der Waals surface area contributed by atoms with Crippen molar-refractivity contribution in [2.45, 2.75) is 138 Å². The summed E-state index contributed by atoms with van der Waals surface area (Å²) in [5.74, 6) is 1.05. The fourth-order valence-electron chi connectivity index (χ4n) is 13.4. The summed E-state index contributed by atoms with van der Waals surface area (Å²) >= 11 is 0. The number of carbonyl (C=O) groups excluding carboxylic acids is 3. The standard InChI is InChI=1S/2C24H31N7O4.C23H23FN8O3/c2*1-25-21-12-20(29-22-16(13-26-31(21)22)23(33)28-17-9-10-19(17)32)27-18-4-3-11-30(24(18)34)14-5-7-15(35-2)8-6-14;1-25-18-10-17(29-16-5-3-9-31(22(16)35)20-15(24)4-2-8-26-20)30-19-14(11-28-32(18)19)21(34)27-12-23(13-33)6-7-23/h2*3-4,11-15,17,19,25,32H,5-10H2,1-2H3,(H,27,29)(H,28,33);2-5,8-11,25,33H,6-7,12-13H2,1H3,(H,27,34)(H,29,30)/t2*14?,15?,17-,19-;/m10./s1. The summed E-state index contributed by atoms with van der Waals surface area (Å²) in [5, 5.41) is 68.9. The molecule has 10 heterocycles. The molecule has 5 aliphatic rings. The molecule has 15 rings (SSSR count). The Hall–Kier alpha value is -11.2. The maximum absolute atomic E-state index is 14.2. The number of rotatable bonds is 22. The molecule has 5 fully saturated rings. The van der Waals surface area contributed by atoms with Crippen molar-refractivity contribution < 1.29 is 43.6 Å². The van der Waals surface area contributed by atoms with Gasteiger partial charge < -0.3 is 81.8 Å². The Bertz CT molecular complexity index is 4820. The van der Waals surface area contributed by atoms with E-state index in [1.165, 1.54) is 56.7 Å². The van der Waals surface area contributed by atoms with Crippen LogP contribution in [0.3, 0.4) is 0 Å². The van der Waals surface area contributed by atoms with Gasteiger partial charge in [0.25, 0.3) is 34.4 Å². The van der Waals surface area contributed by atoms with Crippen LogP contribution < -0.4 is 64.5 Å². The predicted octanol–water partition coefficient (Wildman–Crippen LogP) is 5.82. The number of pyridine rings is 4. The second-order valence-electron chi connectivity index (χ2n) is 26.9. The van der Waals surface area contributed by atoms with Gasteiger partial charge in [-0.25, -0.2) is 24.3 Å². The zero-order valence-corrected chi connectivity index (χ0v) is 58.6. The van der Waals surface area contributed by atoms with Crippen molar-refractivity contribution in [1.82, 2.24) is 78.4 Å². The summed E-state index contributed by atoms with van der Waals surface area (Å²) < 4.78 is 34.3. The van der Waals surface area contributed by atoms with E-state index >= 15 is 0 Å². The number of nitrogens with one attached hydrogen (secondary N) is 9. The second kappa shape index (κ2) is 31.4. The minimum absolute atomic E-state index is 0.0231. The molecule has 0 unspecified atom stereocenters. The number of hydrogen-bond donors (Lipinski definition) is 12. The third-order valence-corrected chi connectivity index (χ3v) is 20.3. The lowest BCUT2D eigenvalue weighted by Crippen LogP contribution is -2.50. The van der Waals surface area contributed by atoms with E-state index in [0.717, 1.165) is 81.6 Å². The average Bonchev–Trinajstić information content (AvgIpc) is 1.73. The lowest BCUT2D eigenvalue weighted by atomic mass is 9.89. The predicted molar refractivity (Wildman–Crippen MR) is 389 cm³/mol. The van der Waals surface area contributed by atoms with Gasteiger partial charge >= 0.3 is 0 Å². The summed E-state index contributed by atoms with van der Waals surface area (Å²) in [4.78, 5) is 95.8. The van der Waals surface area contributed by atoms with Crippen LogP contribution in [0.5, 0.6) is 0 Å². The van der Waals surface area contributed by atoms with Crippen LogP contribution in [-0.2, 0) is 9.47 Å². The molecule has 4 atom stereocenters. The number of nitrogens with zero attached hydrogens (tertiary/aromatic N) is 13. The van der Waals surface area contributed by atoms with Gasteiger partial charge in [-0.1, -0.05) is 0 Å². The summed E-state index contributed by atoms with van der Waals surface area (Å²) in [6, 6.07) is 17.8. The zero-order valence-electron chi connectivity index (χ0n) is 58.6. The molecular weight excluding hydrogens is 1360 g/mol. The minimum Gasteiger partial charge on any atom is -0.396 e. The van der Waals surface area contributed by atoms with Crippen molar-refractivity contribution in [2.75, 3.05) is 80.4 Å². The van der Waals surface area contributed by atoms with E-state index in [9.17, 15) is 48.5 Å². The van der Waals surface area contributed by atoms with Crippen molar-refractivity contribution in [3.05, 3.63) is 164 Å². The number of hydrogen-bond acceptors (Lipinski definition) is 24. The first kappa shape index (κ1) is 72.2. The van der Waals surface area contributed by atoms with E-state index in [1.807, 2.05) is 24.5 Å². The van der Waals surface area contributed by atoms with Crippen LogP contribution in [0.15, 0.2) is 124 Å². The van der Waals surface area contributed by atoms with Gasteiger partial charge in [0.1, 0.15) is 68.7 Å². The fraction of sp³-hybridized carbons (Fsp3) is 0.423. The number of halogens is 1. The van der Waals surface area contributed by atoms with Crippen LogP contribution in [0.25, 0.3) is 22.8 Å². The third kappa shape index (κ3) is 15.4. The SMILES string of the molecule is CNc1cc(Nc2cccn(-c3ncccc3F)c2=O)nc2c(C(=O)NCC3(CO)CC3)cnn12.CNc1cc(Nc2cccn(C3CCC(OC)CC3)c2=O)nc2c(C(=O)N[C@@H]3CC[C@H]3O)cnn12.CNc1cc(Nc2cccn(C3CCC(OC)CC3)c2=O)nc2c(C(=O)N[C@H]3CC[C@@H]3O)cnn12. The van der Waals surface area contributed by atoms with E-state index < -0.39 is 23.6 Å². The van der Waals surface area contributed by atoms with Crippen LogP contribution in [-0.4, -0.2) is 181 Å². The molecule has 5 saturated carbocycles. The summed E-state index contributed by atoms with van der Waals surface area (Å²) in [7, 11) is 8.65. The largest absolute Gasteiger partial charge is 0.396 e. The molecular formula is C71H85FN22O11. The van der Waals surface area contributed by atoms with E-state index in [2.05, 4.69) is 83.1 Å². The molecule has 0 aromatic carbocycles. The van der Waals surface area contributed by atoms with Crippen LogP contribution >= 0.6 is 0 Å². The molecule has 10 aromatic heterocycles. The van der Waals surface area contributed by atoms with Gasteiger partial charge in [-0.15, -0.1) is 0 Å². The van der Waals surface area contributed by atoms with Gasteiger partial charge in [-0.3, -0.25) is 33.3 Å². The number of ether oxygens (including phenoxy) is 2. The lowest BCUT2D eigenvalue weighted by Gasteiger charge is -2.32. The van der Waals surface area contributed by atoms with Crippen molar-refractivity contribution in [3.63, 3.8) is 0 Å². The smallest absolute Gasteiger partial charge is 0.280 e.